The molecule has 2 rings (SSSR count). The SMILES string of the molecule is CCCCCCCCC=CCCCCCCC(C)NC(=O)NC1CCCCC1OC(=O)CCCNC(=O)C1OC(C)(C)OCC1(C)C. The smallest absolute Gasteiger partial charge is 0.315 e. The van der Waals surface area contributed by atoms with Gasteiger partial charge in [0.2, 0.25) is 5.91 Å². The summed E-state index contributed by atoms with van der Waals surface area (Å²) in [6, 6.07) is -0.287. The number of carbonyl (C=O) groups excluding carboxylic acids is 3. The predicted octanol–water partition coefficient (Wildman–Crippen LogP) is 8.25. The minimum Gasteiger partial charge on any atom is -0.460 e. The van der Waals surface area contributed by atoms with Crippen molar-refractivity contribution < 1.29 is 28.6 Å². The van der Waals surface area contributed by atoms with Crippen molar-refractivity contribution in [2.45, 2.75) is 194 Å². The molecule has 0 bridgehead atoms. The molecule has 0 aromatic heterocycles. The van der Waals surface area contributed by atoms with Crippen LogP contribution in [-0.4, -0.2) is 61.1 Å². The fourth-order valence-corrected chi connectivity index (χ4v) is 6.34. The molecule has 1 saturated carbocycles. The Bertz CT molecular complexity index is 936. The van der Waals surface area contributed by atoms with E-state index in [0.717, 1.165) is 38.5 Å². The first kappa shape index (κ1) is 41.0. The Labute approximate surface area is 286 Å². The fraction of sp³-hybridized carbons (Fsp3) is 0.868. The van der Waals surface area contributed by atoms with Gasteiger partial charge in [0.15, 0.2) is 5.79 Å². The van der Waals surface area contributed by atoms with E-state index >= 15 is 0 Å². The number of nitrogens with one attached hydrogen (secondary N) is 3. The summed E-state index contributed by atoms with van der Waals surface area (Å²) < 4.78 is 17.4. The third kappa shape index (κ3) is 17.7. The molecule has 3 amide bonds. The number of rotatable bonds is 22. The Morgan fingerprint density at radius 2 is 1.51 bits per heavy atom. The Morgan fingerprint density at radius 3 is 2.21 bits per heavy atom. The average Bonchev–Trinajstić information content (AvgIpc) is 3.01. The number of carbonyl (C=O) groups is 3. The summed E-state index contributed by atoms with van der Waals surface area (Å²) in [5, 5.41) is 9.06. The Balaban J connectivity index is 1.56. The van der Waals surface area contributed by atoms with Crippen LogP contribution >= 0.6 is 0 Å². The highest BCUT2D eigenvalue weighted by Gasteiger charge is 2.45. The zero-order valence-corrected chi connectivity index (χ0v) is 30.8. The largest absolute Gasteiger partial charge is 0.460 e. The van der Waals surface area contributed by atoms with Crippen molar-refractivity contribution in [1.29, 1.82) is 0 Å². The molecule has 4 atom stereocenters. The minimum absolute atomic E-state index is 0.0928. The van der Waals surface area contributed by atoms with Crippen LogP contribution in [0.25, 0.3) is 0 Å². The summed E-state index contributed by atoms with van der Waals surface area (Å²) in [5.74, 6) is -1.31. The normalized spacial score (nSPS) is 22.8. The summed E-state index contributed by atoms with van der Waals surface area (Å²) in [5.41, 5.74) is -0.449. The fourth-order valence-electron chi connectivity index (χ4n) is 6.34. The number of hydrogen-bond acceptors (Lipinski definition) is 6. The van der Waals surface area contributed by atoms with E-state index in [9.17, 15) is 14.4 Å². The predicted molar refractivity (Wildman–Crippen MR) is 189 cm³/mol. The third-order valence-corrected chi connectivity index (χ3v) is 9.33. The summed E-state index contributed by atoms with van der Waals surface area (Å²) in [4.78, 5) is 38.2. The van der Waals surface area contributed by atoms with Crippen molar-refractivity contribution in [2.75, 3.05) is 13.2 Å². The number of allylic oxidation sites excluding steroid dienone is 2. The first-order chi connectivity index (χ1) is 22.4. The van der Waals surface area contributed by atoms with Gasteiger partial charge in [-0.25, -0.2) is 4.79 Å². The van der Waals surface area contributed by atoms with Crippen LogP contribution in [0.15, 0.2) is 12.2 Å². The molecule has 2 aliphatic rings. The summed E-state index contributed by atoms with van der Waals surface area (Å²) in [6.45, 7) is 12.6. The lowest BCUT2D eigenvalue weighted by Gasteiger charge is -2.44. The van der Waals surface area contributed by atoms with Crippen molar-refractivity contribution in [3.63, 3.8) is 0 Å². The lowest BCUT2D eigenvalue weighted by molar-refractivity contribution is -0.304. The molecule has 2 fully saturated rings. The van der Waals surface area contributed by atoms with E-state index < -0.39 is 17.3 Å². The Hall–Kier alpha value is -2.13. The van der Waals surface area contributed by atoms with E-state index in [1.54, 1.807) is 13.8 Å². The monoisotopic (exact) mass is 664 g/mol. The van der Waals surface area contributed by atoms with E-state index in [1.165, 1.54) is 70.6 Å². The molecule has 1 heterocycles. The maximum atomic E-state index is 12.8. The number of esters is 1. The molecule has 3 N–H and O–H groups in total. The lowest BCUT2D eigenvalue weighted by atomic mass is 9.85. The van der Waals surface area contributed by atoms with Crippen LogP contribution in [0.2, 0.25) is 0 Å². The van der Waals surface area contributed by atoms with Gasteiger partial charge in [0.1, 0.15) is 12.2 Å². The molecule has 0 aromatic rings. The number of hydrogen-bond donors (Lipinski definition) is 3. The second kappa shape index (κ2) is 22.5. The zero-order chi connectivity index (χ0) is 34.5. The van der Waals surface area contributed by atoms with Crippen molar-refractivity contribution in [3.8, 4) is 0 Å². The highest BCUT2D eigenvalue weighted by Crippen LogP contribution is 2.34. The molecule has 9 heteroatoms. The first-order valence-corrected chi connectivity index (χ1v) is 18.9. The molecule has 4 unspecified atom stereocenters. The van der Waals surface area contributed by atoms with E-state index in [1.807, 2.05) is 13.8 Å². The van der Waals surface area contributed by atoms with Crippen LogP contribution in [0.5, 0.6) is 0 Å². The number of unbranched alkanes of at least 4 members (excludes halogenated alkanes) is 10. The van der Waals surface area contributed by atoms with E-state index in [0.29, 0.717) is 19.6 Å². The van der Waals surface area contributed by atoms with Crippen LogP contribution in [0.4, 0.5) is 4.79 Å². The van der Waals surface area contributed by atoms with Crippen molar-refractivity contribution in [1.82, 2.24) is 16.0 Å². The zero-order valence-electron chi connectivity index (χ0n) is 30.8. The molecule has 0 spiro atoms. The molecule has 1 saturated heterocycles. The van der Waals surface area contributed by atoms with Crippen LogP contribution in [0.1, 0.15) is 164 Å². The summed E-state index contributed by atoms with van der Waals surface area (Å²) in [7, 11) is 0. The topological polar surface area (TPSA) is 115 Å². The Morgan fingerprint density at radius 1 is 0.872 bits per heavy atom. The lowest BCUT2D eigenvalue weighted by Crippen LogP contribution is -2.56. The van der Waals surface area contributed by atoms with E-state index in [2.05, 4.69) is 41.9 Å². The van der Waals surface area contributed by atoms with Crippen molar-refractivity contribution >= 4 is 17.9 Å². The van der Waals surface area contributed by atoms with Gasteiger partial charge in [-0.1, -0.05) is 90.7 Å². The minimum atomic E-state index is -0.815. The Kier molecular flexibility index (Phi) is 19.6. The second-order valence-corrected chi connectivity index (χ2v) is 15.0. The summed E-state index contributed by atoms with van der Waals surface area (Å²) >= 11 is 0. The number of ether oxygens (including phenoxy) is 3. The maximum absolute atomic E-state index is 12.8. The second-order valence-electron chi connectivity index (χ2n) is 15.0. The van der Waals surface area contributed by atoms with Gasteiger partial charge in [-0.15, -0.1) is 0 Å². The van der Waals surface area contributed by atoms with Crippen LogP contribution < -0.4 is 16.0 Å². The third-order valence-electron chi connectivity index (χ3n) is 9.33. The molecule has 1 aliphatic heterocycles. The highest BCUT2D eigenvalue weighted by molar-refractivity contribution is 5.82. The van der Waals surface area contributed by atoms with Gasteiger partial charge < -0.3 is 30.2 Å². The molecular weight excluding hydrogens is 594 g/mol. The van der Waals surface area contributed by atoms with E-state index in [-0.39, 0.29) is 42.5 Å². The maximum Gasteiger partial charge on any atom is 0.315 e. The molecule has 1 aliphatic carbocycles. The molecule has 0 aromatic carbocycles. The van der Waals surface area contributed by atoms with Crippen molar-refractivity contribution in [3.05, 3.63) is 12.2 Å². The molecule has 0 radical (unpaired) electrons. The molecule has 9 nitrogen and oxygen atoms in total. The van der Waals surface area contributed by atoms with Crippen LogP contribution in [0, 0.1) is 5.41 Å². The van der Waals surface area contributed by atoms with Crippen molar-refractivity contribution in [2.24, 2.45) is 5.41 Å². The molecular formula is C38H69N3O6. The standard InChI is InChI=1S/C38H69N3O6/c1-7-8-9-10-11-12-13-14-15-16-17-18-19-20-24-30(2)40-36(44)41-31-25-21-22-26-32(31)46-33(42)27-23-28-39-35(43)34-37(3,4)29-45-38(5,6)47-34/h14-15,30-32,34H,7-13,16-29H2,1-6H3,(H,39,43)(H2,40,41,44). The quantitative estimate of drug-likeness (QED) is 0.0611. The van der Waals surface area contributed by atoms with Gasteiger partial charge in [-0.2, -0.15) is 0 Å². The molecule has 47 heavy (non-hydrogen) atoms. The average molecular weight is 664 g/mol. The van der Waals surface area contributed by atoms with E-state index in [4.69, 9.17) is 14.2 Å². The van der Waals surface area contributed by atoms with Gasteiger partial charge in [0, 0.05) is 24.4 Å². The molecule has 272 valence electrons. The first-order valence-electron chi connectivity index (χ1n) is 18.9. The van der Waals surface area contributed by atoms with Gasteiger partial charge in [0.05, 0.1) is 12.6 Å². The number of amides is 3. The van der Waals surface area contributed by atoms with Crippen LogP contribution in [0.3, 0.4) is 0 Å². The van der Waals surface area contributed by atoms with Crippen LogP contribution in [-0.2, 0) is 23.8 Å². The van der Waals surface area contributed by atoms with Gasteiger partial charge in [0.25, 0.3) is 0 Å². The van der Waals surface area contributed by atoms with Gasteiger partial charge in [-0.05, 0) is 78.6 Å². The number of urea groups is 1. The van der Waals surface area contributed by atoms with Gasteiger partial charge in [-0.3, -0.25) is 9.59 Å². The highest BCUT2D eigenvalue weighted by atomic mass is 16.7. The summed E-state index contributed by atoms with van der Waals surface area (Å²) in [6.07, 6.45) is 24.1. The van der Waals surface area contributed by atoms with Gasteiger partial charge >= 0.3 is 12.0 Å².